The van der Waals surface area contributed by atoms with Crippen molar-refractivity contribution in [3.8, 4) is 0 Å². The van der Waals surface area contributed by atoms with Crippen molar-refractivity contribution in [2.75, 3.05) is 6.61 Å². The lowest BCUT2D eigenvalue weighted by Gasteiger charge is -2.15. The molecule has 1 saturated carbocycles. The number of benzene rings is 1. The standard InChI is InChI=1S/C12H13BrO2/c1-2-15-11(14)12(7-8-12)9-5-3-4-6-10(9)13/h3-6H,2,7-8H2,1H3. The fourth-order valence-electron chi connectivity index (χ4n) is 1.83. The van der Waals surface area contributed by atoms with E-state index in [0.717, 1.165) is 22.9 Å². The monoisotopic (exact) mass is 268 g/mol. The van der Waals surface area contributed by atoms with Crippen LogP contribution in [0.2, 0.25) is 0 Å². The molecule has 0 aromatic heterocycles. The van der Waals surface area contributed by atoms with Gasteiger partial charge in [-0.25, -0.2) is 0 Å². The summed E-state index contributed by atoms with van der Waals surface area (Å²) in [7, 11) is 0. The van der Waals surface area contributed by atoms with Gasteiger partial charge in [0.05, 0.1) is 12.0 Å². The van der Waals surface area contributed by atoms with Gasteiger partial charge in [0.15, 0.2) is 0 Å². The number of hydrogen-bond acceptors (Lipinski definition) is 2. The Morgan fingerprint density at radius 1 is 1.47 bits per heavy atom. The topological polar surface area (TPSA) is 26.3 Å². The summed E-state index contributed by atoms with van der Waals surface area (Å²) in [6, 6.07) is 7.87. The Hall–Kier alpha value is -0.830. The zero-order valence-electron chi connectivity index (χ0n) is 8.63. The molecule has 0 spiro atoms. The van der Waals surface area contributed by atoms with Crippen molar-refractivity contribution in [1.82, 2.24) is 0 Å². The van der Waals surface area contributed by atoms with Crippen LogP contribution >= 0.6 is 15.9 Å². The van der Waals surface area contributed by atoms with E-state index in [4.69, 9.17) is 4.74 Å². The van der Waals surface area contributed by atoms with Gasteiger partial charge in [-0.3, -0.25) is 4.79 Å². The highest BCUT2D eigenvalue weighted by atomic mass is 79.9. The quantitative estimate of drug-likeness (QED) is 0.788. The minimum absolute atomic E-state index is 0.0862. The second-order valence-electron chi connectivity index (χ2n) is 3.78. The van der Waals surface area contributed by atoms with Crippen molar-refractivity contribution in [1.29, 1.82) is 0 Å². The number of carbonyl (C=O) groups excluding carboxylic acids is 1. The molecule has 0 radical (unpaired) electrons. The molecule has 1 aliphatic rings. The summed E-state index contributed by atoms with van der Waals surface area (Å²) in [4.78, 5) is 11.8. The van der Waals surface area contributed by atoms with Crippen molar-refractivity contribution in [2.24, 2.45) is 0 Å². The van der Waals surface area contributed by atoms with Crippen molar-refractivity contribution < 1.29 is 9.53 Å². The van der Waals surface area contributed by atoms with Crippen LogP contribution in [0, 0.1) is 0 Å². The average molecular weight is 269 g/mol. The minimum Gasteiger partial charge on any atom is -0.465 e. The first kappa shape index (κ1) is 10.7. The van der Waals surface area contributed by atoms with Gasteiger partial charge in [0.25, 0.3) is 0 Å². The van der Waals surface area contributed by atoms with Gasteiger partial charge in [-0.1, -0.05) is 34.1 Å². The fraction of sp³-hybridized carbons (Fsp3) is 0.417. The molecule has 2 rings (SSSR count). The Balaban J connectivity index is 2.31. The van der Waals surface area contributed by atoms with Crippen LogP contribution in [0.25, 0.3) is 0 Å². The Morgan fingerprint density at radius 2 is 2.13 bits per heavy atom. The van der Waals surface area contributed by atoms with Crippen LogP contribution in [0.5, 0.6) is 0 Å². The molecule has 0 bridgehead atoms. The SMILES string of the molecule is CCOC(=O)C1(c2ccccc2Br)CC1. The van der Waals surface area contributed by atoms with E-state index in [1.807, 2.05) is 31.2 Å². The summed E-state index contributed by atoms with van der Waals surface area (Å²) in [6.07, 6.45) is 1.79. The van der Waals surface area contributed by atoms with Gasteiger partial charge in [0.2, 0.25) is 0 Å². The molecule has 0 unspecified atom stereocenters. The Kier molecular flexibility index (Phi) is 2.83. The molecular weight excluding hydrogens is 256 g/mol. The Bertz CT molecular complexity index is 383. The van der Waals surface area contributed by atoms with E-state index in [1.165, 1.54) is 0 Å². The van der Waals surface area contributed by atoms with E-state index >= 15 is 0 Å². The highest BCUT2D eigenvalue weighted by Gasteiger charge is 2.53. The third kappa shape index (κ3) is 1.81. The zero-order chi connectivity index (χ0) is 10.9. The minimum atomic E-state index is -0.365. The number of carbonyl (C=O) groups is 1. The largest absolute Gasteiger partial charge is 0.465 e. The van der Waals surface area contributed by atoms with Gasteiger partial charge in [-0.05, 0) is 31.4 Å². The van der Waals surface area contributed by atoms with E-state index in [0.29, 0.717) is 6.61 Å². The maximum absolute atomic E-state index is 11.8. The summed E-state index contributed by atoms with van der Waals surface area (Å²) >= 11 is 3.48. The Morgan fingerprint density at radius 3 is 2.67 bits per heavy atom. The summed E-state index contributed by atoms with van der Waals surface area (Å²) in [5, 5.41) is 0. The summed E-state index contributed by atoms with van der Waals surface area (Å²) in [5.41, 5.74) is 0.694. The maximum atomic E-state index is 11.8. The van der Waals surface area contributed by atoms with E-state index in [1.54, 1.807) is 0 Å². The highest BCUT2D eigenvalue weighted by Crippen LogP contribution is 2.51. The number of hydrogen-bond donors (Lipinski definition) is 0. The fourth-order valence-corrected chi connectivity index (χ4v) is 2.49. The van der Waals surface area contributed by atoms with Crippen LogP contribution in [0.4, 0.5) is 0 Å². The number of esters is 1. The van der Waals surface area contributed by atoms with Gasteiger partial charge >= 0.3 is 5.97 Å². The van der Waals surface area contributed by atoms with E-state index in [-0.39, 0.29) is 11.4 Å². The van der Waals surface area contributed by atoms with Crippen LogP contribution in [-0.2, 0) is 14.9 Å². The zero-order valence-corrected chi connectivity index (χ0v) is 10.2. The van der Waals surface area contributed by atoms with Crippen LogP contribution in [0.3, 0.4) is 0 Å². The van der Waals surface area contributed by atoms with Crippen LogP contribution in [0.1, 0.15) is 25.3 Å². The molecule has 0 N–H and O–H groups in total. The van der Waals surface area contributed by atoms with Crippen molar-refractivity contribution >= 4 is 21.9 Å². The Labute approximate surface area is 97.8 Å². The lowest BCUT2D eigenvalue weighted by Crippen LogP contribution is -2.23. The molecule has 0 aliphatic heterocycles. The van der Waals surface area contributed by atoms with Gasteiger partial charge in [-0.2, -0.15) is 0 Å². The lowest BCUT2D eigenvalue weighted by atomic mass is 9.96. The normalized spacial score (nSPS) is 17.2. The molecule has 15 heavy (non-hydrogen) atoms. The van der Waals surface area contributed by atoms with E-state index in [2.05, 4.69) is 15.9 Å². The van der Waals surface area contributed by atoms with Crippen LogP contribution in [-0.4, -0.2) is 12.6 Å². The molecule has 0 atom stereocenters. The molecule has 1 fully saturated rings. The first-order valence-electron chi connectivity index (χ1n) is 5.13. The molecule has 1 aliphatic carbocycles. The number of rotatable bonds is 3. The molecule has 0 amide bonds. The highest BCUT2D eigenvalue weighted by molar-refractivity contribution is 9.10. The van der Waals surface area contributed by atoms with Gasteiger partial charge in [0.1, 0.15) is 0 Å². The number of ether oxygens (including phenoxy) is 1. The third-order valence-corrected chi connectivity index (χ3v) is 3.50. The molecular formula is C12H13BrO2. The summed E-state index contributed by atoms with van der Waals surface area (Å²) in [6.45, 7) is 2.29. The summed E-state index contributed by atoms with van der Waals surface area (Å²) < 4.78 is 6.11. The average Bonchev–Trinajstić information content (AvgIpc) is 3.00. The second-order valence-corrected chi connectivity index (χ2v) is 4.64. The van der Waals surface area contributed by atoms with Gasteiger partial charge in [0, 0.05) is 4.47 Å². The smallest absolute Gasteiger partial charge is 0.316 e. The first-order chi connectivity index (χ1) is 7.20. The molecule has 3 heteroatoms. The van der Waals surface area contributed by atoms with Crippen LogP contribution < -0.4 is 0 Å². The molecule has 1 aromatic carbocycles. The van der Waals surface area contributed by atoms with E-state index < -0.39 is 0 Å². The van der Waals surface area contributed by atoms with Gasteiger partial charge in [-0.15, -0.1) is 0 Å². The van der Waals surface area contributed by atoms with E-state index in [9.17, 15) is 4.79 Å². The lowest BCUT2D eigenvalue weighted by molar-refractivity contribution is -0.146. The summed E-state index contributed by atoms with van der Waals surface area (Å²) in [5.74, 6) is -0.0862. The van der Waals surface area contributed by atoms with Crippen LogP contribution in [0.15, 0.2) is 28.7 Å². The predicted molar refractivity (Wildman–Crippen MR) is 61.7 cm³/mol. The first-order valence-corrected chi connectivity index (χ1v) is 5.92. The van der Waals surface area contributed by atoms with Crippen molar-refractivity contribution in [3.63, 3.8) is 0 Å². The third-order valence-electron chi connectivity index (χ3n) is 2.81. The van der Waals surface area contributed by atoms with Crippen molar-refractivity contribution in [3.05, 3.63) is 34.3 Å². The molecule has 2 nitrogen and oxygen atoms in total. The van der Waals surface area contributed by atoms with Gasteiger partial charge < -0.3 is 4.74 Å². The molecule has 0 heterocycles. The molecule has 0 saturated heterocycles. The predicted octanol–water partition coefficient (Wildman–Crippen LogP) is 3.04. The second kappa shape index (κ2) is 3.97. The molecule has 80 valence electrons. The molecule has 1 aromatic rings. The maximum Gasteiger partial charge on any atom is 0.316 e. The number of halogens is 1. The van der Waals surface area contributed by atoms with Crippen molar-refractivity contribution in [2.45, 2.75) is 25.2 Å².